The van der Waals surface area contributed by atoms with Crippen molar-refractivity contribution in [2.45, 2.75) is 0 Å². The summed E-state index contributed by atoms with van der Waals surface area (Å²) in [5.41, 5.74) is 3.42. The van der Waals surface area contributed by atoms with Crippen molar-refractivity contribution in [3.63, 3.8) is 0 Å². The van der Waals surface area contributed by atoms with E-state index >= 15 is 0 Å². The summed E-state index contributed by atoms with van der Waals surface area (Å²) in [7, 11) is 0. The molecule has 0 unspecified atom stereocenters. The number of aromatic amines is 2. The fourth-order valence-corrected chi connectivity index (χ4v) is 1.89. The van der Waals surface area contributed by atoms with Crippen LogP contribution in [0, 0.1) is 5.82 Å². The van der Waals surface area contributed by atoms with Gasteiger partial charge in [-0.3, -0.25) is 0 Å². The largest absolute Gasteiger partial charge is 0.355 e. The molecule has 84 valence electrons. The van der Waals surface area contributed by atoms with Gasteiger partial charge in [-0.2, -0.15) is 0 Å². The van der Waals surface area contributed by atoms with E-state index in [-0.39, 0.29) is 5.82 Å². The van der Waals surface area contributed by atoms with Crippen LogP contribution in [0.15, 0.2) is 37.2 Å². The first-order valence-corrected chi connectivity index (χ1v) is 5.22. The van der Waals surface area contributed by atoms with E-state index in [1.807, 2.05) is 18.3 Å². The van der Waals surface area contributed by atoms with Crippen LogP contribution in [0.5, 0.6) is 0 Å². The second-order valence-corrected chi connectivity index (χ2v) is 3.78. The standard InChI is InChI=1S/C13H10FN3/c1-2-9-3-4-12(17-9)11-7-16-13-10(11)5-8(14)6-15-13/h2-7,17H,1H2,(H,15,16). The van der Waals surface area contributed by atoms with Gasteiger partial charge < -0.3 is 9.97 Å². The highest BCUT2D eigenvalue weighted by Crippen LogP contribution is 2.27. The van der Waals surface area contributed by atoms with E-state index in [2.05, 4.69) is 21.5 Å². The van der Waals surface area contributed by atoms with Gasteiger partial charge in [0, 0.05) is 28.5 Å². The van der Waals surface area contributed by atoms with E-state index in [1.54, 1.807) is 6.08 Å². The highest BCUT2D eigenvalue weighted by molar-refractivity contribution is 5.92. The Morgan fingerprint density at radius 1 is 1.35 bits per heavy atom. The van der Waals surface area contributed by atoms with Crippen molar-refractivity contribution in [1.29, 1.82) is 0 Å². The average Bonchev–Trinajstić information content (AvgIpc) is 2.93. The molecule has 3 heterocycles. The zero-order chi connectivity index (χ0) is 11.8. The molecule has 0 aromatic carbocycles. The van der Waals surface area contributed by atoms with Crippen molar-refractivity contribution in [3.05, 3.63) is 48.7 Å². The third-order valence-corrected chi connectivity index (χ3v) is 2.72. The van der Waals surface area contributed by atoms with Gasteiger partial charge in [0.25, 0.3) is 0 Å². The van der Waals surface area contributed by atoms with E-state index in [1.165, 1.54) is 12.3 Å². The number of halogens is 1. The maximum absolute atomic E-state index is 13.2. The quantitative estimate of drug-likeness (QED) is 0.692. The second-order valence-electron chi connectivity index (χ2n) is 3.78. The molecule has 0 amide bonds. The summed E-state index contributed by atoms with van der Waals surface area (Å²) in [4.78, 5) is 10.2. The van der Waals surface area contributed by atoms with Gasteiger partial charge in [0.1, 0.15) is 11.5 Å². The van der Waals surface area contributed by atoms with Crippen molar-refractivity contribution in [2.24, 2.45) is 0 Å². The summed E-state index contributed by atoms with van der Waals surface area (Å²) >= 11 is 0. The van der Waals surface area contributed by atoms with Crippen LogP contribution in [0.2, 0.25) is 0 Å². The molecule has 3 aromatic rings. The summed E-state index contributed by atoms with van der Waals surface area (Å²) in [5, 5.41) is 0.766. The maximum atomic E-state index is 13.2. The number of hydrogen-bond donors (Lipinski definition) is 2. The van der Waals surface area contributed by atoms with Crippen molar-refractivity contribution in [2.75, 3.05) is 0 Å². The third-order valence-electron chi connectivity index (χ3n) is 2.72. The monoisotopic (exact) mass is 227 g/mol. The molecule has 0 saturated heterocycles. The minimum absolute atomic E-state index is 0.339. The molecule has 0 aliphatic carbocycles. The fourth-order valence-electron chi connectivity index (χ4n) is 1.89. The highest BCUT2D eigenvalue weighted by atomic mass is 19.1. The van der Waals surface area contributed by atoms with Gasteiger partial charge in [-0.15, -0.1) is 0 Å². The van der Waals surface area contributed by atoms with Gasteiger partial charge in [0.15, 0.2) is 0 Å². The number of hydrogen-bond acceptors (Lipinski definition) is 1. The second kappa shape index (κ2) is 3.59. The number of pyridine rings is 1. The molecule has 0 radical (unpaired) electrons. The Bertz CT molecular complexity index is 694. The predicted octanol–water partition coefficient (Wildman–Crippen LogP) is 3.34. The minimum Gasteiger partial charge on any atom is -0.355 e. The topological polar surface area (TPSA) is 44.5 Å². The molecule has 0 fully saturated rings. The van der Waals surface area contributed by atoms with Crippen molar-refractivity contribution in [3.8, 4) is 11.3 Å². The number of rotatable bonds is 2. The first-order chi connectivity index (χ1) is 8.28. The molecule has 0 bridgehead atoms. The Hall–Kier alpha value is -2.36. The number of aromatic nitrogens is 3. The summed E-state index contributed by atoms with van der Waals surface area (Å²) in [6.45, 7) is 3.69. The maximum Gasteiger partial charge on any atom is 0.142 e. The van der Waals surface area contributed by atoms with Gasteiger partial charge in [-0.1, -0.05) is 6.58 Å². The molecule has 4 heteroatoms. The lowest BCUT2D eigenvalue weighted by molar-refractivity contribution is 0.624. The fraction of sp³-hybridized carbons (Fsp3) is 0. The lowest BCUT2D eigenvalue weighted by Gasteiger charge is -1.95. The Morgan fingerprint density at radius 2 is 2.24 bits per heavy atom. The SMILES string of the molecule is C=Cc1ccc(-c2c[nH]c3ncc(F)cc23)[nH]1. The van der Waals surface area contributed by atoms with E-state index in [4.69, 9.17) is 0 Å². The zero-order valence-electron chi connectivity index (χ0n) is 9.00. The van der Waals surface area contributed by atoms with Crippen LogP contribution in [-0.2, 0) is 0 Å². The summed E-state index contributed by atoms with van der Waals surface area (Å²) < 4.78 is 13.2. The first kappa shape index (κ1) is 9.84. The predicted molar refractivity (Wildman–Crippen MR) is 65.9 cm³/mol. The molecule has 0 aliphatic rings. The van der Waals surface area contributed by atoms with Crippen LogP contribution in [0.1, 0.15) is 5.69 Å². The molecule has 0 saturated carbocycles. The smallest absolute Gasteiger partial charge is 0.142 e. The van der Waals surface area contributed by atoms with Crippen LogP contribution in [-0.4, -0.2) is 15.0 Å². The molecule has 0 aliphatic heterocycles. The Kier molecular flexibility index (Phi) is 2.08. The molecular formula is C13H10FN3. The molecular weight excluding hydrogens is 217 g/mol. The number of fused-ring (bicyclic) bond motifs is 1. The van der Waals surface area contributed by atoms with Crippen LogP contribution < -0.4 is 0 Å². The zero-order valence-corrected chi connectivity index (χ0v) is 9.00. The van der Waals surface area contributed by atoms with E-state index < -0.39 is 0 Å². The van der Waals surface area contributed by atoms with Crippen molar-refractivity contribution >= 4 is 17.1 Å². The lowest BCUT2D eigenvalue weighted by Crippen LogP contribution is -1.80. The number of nitrogens with one attached hydrogen (secondary N) is 2. The summed E-state index contributed by atoms with van der Waals surface area (Å²) in [5.74, 6) is -0.339. The molecule has 3 rings (SSSR count). The van der Waals surface area contributed by atoms with E-state index in [0.717, 1.165) is 22.3 Å². The van der Waals surface area contributed by atoms with E-state index in [0.29, 0.717) is 5.65 Å². The lowest BCUT2D eigenvalue weighted by atomic mass is 10.1. The Balaban J connectivity index is 2.22. The van der Waals surface area contributed by atoms with Gasteiger partial charge in [-0.05, 0) is 24.3 Å². The van der Waals surface area contributed by atoms with Gasteiger partial charge in [-0.25, -0.2) is 9.37 Å². The molecule has 0 atom stereocenters. The molecule has 3 nitrogen and oxygen atoms in total. The van der Waals surface area contributed by atoms with Crippen molar-refractivity contribution < 1.29 is 4.39 Å². The van der Waals surface area contributed by atoms with E-state index in [9.17, 15) is 4.39 Å². The number of nitrogens with zero attached hydrogens (tertiary/aromatic N) is 1. The molecule has 3 aromatic heterocycles. The summed E-state index contributed by atoms with van der Waals surface area (Å²) in [6, 6.07) is 5.33. The first-order valence-electron chi connectivity index (χ1n) is 5.22. The highest BCUT2D eigenvalue weighted by Gasteiger charge is 2.09. The Labute approximate surface area is 97.0 Å². The Morgan fingerprint density at radius 3 is 3.00 bits per heavy atom. The van der Waals surface area contributed by atoms with Crippen molar-refractivity contribution in [1.82, 2.24) is 15.0 Å². The average molecular weight is 227 g/mol. The minimum atomic E-state index is -0.339. The summed E-state index contributed by atoms with van der Waals surface area (Å²) in [6.07, 6.45) is 4.75. The third kappa shape index (κ3) is 1.54. The van der Waals surface area contributed by atoms with Crippen LogP contribution in [0.25, 0.3) is 28.4 Å². The molecule has 2 N–H and O–H groups in total. The number of H-pyrrole nitrogens is 2. The van der Waals surface area contributed by atoms with Gasteiger partial charge in [0.05, 0.1) is 6.20 Å². The van der Waals surface area contributed by atoms with Crippen LogP contribution in [0.4, 0.5) is 4.39 Å². The molecule has 0 spiro atoms. The van der Waals surface area contributed by atoms with Crippen LogP contribution in [0.3, 0.4) is 0 Å². The van der Waals surface area contributed by atoms with Gasteiger partial charge >= 0.3 is 0 Å². The van der Waals surface area contributed by atoms with Gasteiger partial charge in [0.2, 0.25) is 0 Å². The normalized spacial score (nSPS) is 10.9. The van der Waals surface area contributed by atoms with Crippen LogP contribution >= 0.6 is 0 Å². The molecule has 17 heavy (non-hydrogen) atoms.